The van der Waals surface area contributed by atoms with Gasteiger partial charge in [0.15, 0.2) is 0 Å². The summed E-state index contributed by atoms with van der Waals surface area (Å²) in [7, 11) is 0. The summed E-state index contributed by atoms with van der Waals surface area (Å²) in [6, 6.07) is 5.53. The third-order valence-electron chi connectivity index (χ3n) is 3.99. The molecule has 6 heteroatoms. The van der Waals surface area contributed by atoms with Crippen LogP contribution in [0.5, 0.6) is 5.75 Å². The van der Waals surface area contributed by atoms with Crippen LogP contribution in [0.3, 0.4) is 0 Å². The standard InChI is InChI=1S/C14H15F3O3/c15-14(16,17)20-10-3-1-2-8(6-10)13(18)11-7-9-4-5-12(11)19-9/h1-3,6,9,11-13,18H,4-5,7H2. The van der Waals surface area contributed by atoms with E-state index in [1.54, 1.807) is 6.07 Å². The van der Waals surface area contributed by atoms with Crippen molar-refractivity contribution in [2.75, 3.05) is 0 Å². The topological polar surface area (TPSA) is 38.7 Å². The first-order chi connectivity index (χ1) is 9.42. The van der Waals surface area contributed by atoms with Crippen LogP contribution in [-0.2, 0) is 4.74 Å². The molecule has 2 heterocycles. The number of fused-ring (bicyclic) bond motifs is 2. The van der Waals surface area contributed by atoms with E-state index in [2.05, 4.69) is 4.74 Å². The molecule has 1 N–H and O–H groups in total. The summed E-state index contributed by atoms with van der Waals surface area (Å²) in [5.41, 5.74) is 0.438. The fourth-order valence-electron chi connectivity index (χ4n) is 3.15. The Morgan fingerprint density at radius 3 is 2.70 bits per heavy atom. The van der Waals surface area contributed by atoms with Gasteiger partial charge in [0.25, 0.3) is 0 Å². The van der Waals surface area contributed by atoms with Crippen molar-refractivity contribution in [2.45, 2.75) is 43.9 Å². The maximum Gasteiger partial charge on any atom is 0.573 e. The Balaban J connectivity index is 1.75. The molecule has 110 valence electrons. The van der Waals surface area contributed by atoms with Crippen LogP contribution in [-0.4, -0.2) is 23.7 Å². The van der Waals surface area contributed by atoms with Crippen LogP contribution in [0, 0.1) is 5.92 Å². The van der Waals surface area contributed by atoms with E-state index in [1.165, 1.54) is 18.2 Å². The Morgan fingerprint density at radius 1 is 1.30 bits per heavy atom. The summed E-state index contributed by atoms with van der Waals surface area (Å²) in [4.78, 5) is 0. The summed E-state index contributed by atoms with van der Waals surface area (Å²) < 4.78 is 46.1. The van der Waals surface area contributed by atoms with E-state index in [9.17, 15) is 18.3 Å². The molecule has 0 aliphatic carbocycles. The zero-order valence-corrected chi connectivity index (χ0v) is 10.6. The monoisotopic (exact) mass is 288 g/mol. The average molecular weight is 288 g/mol. The molecule has 2 fully saturated rings. The average Bonchev–Trinajstić information content (AvgIpc) is 2.98. The summed E-state index contributed by atoms with van der Waals surface area (Å²) in [6.07, 6.45) is -2.66. The van der Waals surface area contributed by atoms with Gasteiger partial charge in [-0.15, -0.1) is 13.2 Å². The van der Waals surface area contributed by atoms with Gasteiger partial charge in [-0.3, -0.25) is 0 Å². The van der Waals surface area contributed by atoms with Crippen LogP contribution < -0.4 is 4.74 Å². The molecular formula is C14H15F3O3. The molecule has 2 aliphatic heterocycles. The van der Waals surface area contributed by atoms with E-state index >= 15 is 0 Å². The first-order valence-electron chi connectivity index (χ1n) is 6.61. The van der Waals surface area contributed by atoms with E-state index in [0.29, 0.717) is 5.56 Å². The highest BCUT2D eigenvalue weighted by Crippen LogP contribution is 2.45. The van der Waals surface area contributed by atoms with Crippen LogP contribution in [0.25, 0.3) is 0 Å². The Labute approximate surface area is 114 Å². The lowest BCUT2D eigenvalue weighted by Gasteiger charge is -2.24. The smallest absolute Gasteiger partial charge is 0.406 e. The number of aliphatic hydroxyl groups is 1. The fraction of sp³-hybridized carbons (Fsp3) is 0.571. The van der Waals surface area contributed by atoms with Crippen LogP contribution in [0.15, 0.2) is 24.3 Å². The molecule has 0 saturated carbocycles. The first-order valence-corrected chi connectivity index (χ1v) is 6.61. The van der Waals surface area contributed by atoms with Crippen molar-refractivity contribution < 1.29 is 27.8 Å². The van der Waals surface area contributed by atoms with Gasteiger partial charge in [-0.05, 0) is 37.0 Å². The zero-order valence-electron chi connectivity index (χ0n) is 10.6. The minimum atomic E-state index is -4.72. The molecule has 1 aromatic rings. The van der Waals surface area contributed by atoms with Crippen molar-refractivity contribution in [3.8, 4) is 5.75 Å². The van der Waals surface area contributed by atoms with Crippen molar-refractivity contribution in [3.63, 3.8) is 0 Å². The van der Waals surface area contributed by atoms with Gasteiger partial charge in [-0.1, -0.05) is 12.1 Å². The number of hydrogen-bond donors (Lipinski definition) is 1. The van der Waals surface area contributed by atoms with Crippen molar-refractivity contribution in [2.24, 2.45) is 5.92 Å². The molecule has 0 spiro atoms. The number of aliphatic hydroxyl groups excluding tert-OH is 1. The van der Waals surface area contributed by atoms with E-state index in [-0.39, 0.29) is 23.9 Å². The summed E-state index contributed by atoms with van der Waals surface area (Å²) in [5.74, 6) is -0.354. The number of benzene rings is 1. The SMILES string of the molecule is OC(c1cccc(OC(F)(F)F)c1)C1CC2CCC1O2. The van der Waals surface area contributed by atoms with Crippen LogP contribution in [0.4, 0.5) is 13.2 Å². The fourth-order valence-corrected chi connectivity index (χ4v) is 3.15. The predicted octanol–water partition coefficient (Wildman–Crippen LogP) is 3.19. The Morgan fingerprint density at radius 2 is 2.10 bits per heavy atom. The number of halogens is 3. The van der Waals surface area contributed by atoms with Gasteiger partial charge >= 0.3 is 6.36 Å². The minimum absolute atomic E-state index is 0.0159. The normalized spacial score (nSPS) is 30.5. The number of alkyl halides is 3. The van der Waals surface area contributed by atoms with Crippen molar-refractivity contribution in [3.05, 3.63) is 29.8 Å². The molecule has 4 atom stereocenters. The Hall–Kier alpha value is -1.27. The summed E-state index contributed by atoms with van der Waals surface area (Å²) in [5, 5.41) is 10.3. The molecule has 1 aromatic carbocycles. The van der Waals surface area contributed by atoms with Gasteiger partial charge in [0.05, 0.1) is 18.3 Å². The second-order valence-electron chi connectivity index (χ2n) is 5.34. The van der Waals surface area contributed by atoms with Gasteiger partial charge in [0, 0.05) is 5.92 Å². The quantitative estimate of drug-likeness (QED) is 0.928. The molecule has 2 aliphatic rings. The second-order valence-corrected chi connectivity index (χ2v) is 5.34. The van der Waals surface area contributed by atoms with E-state index in [1.807, 2.05) is 0 Å². The lowest BCUT2D eigenvalue weighted by atomic mass is 9.82. The zero-order chi connectivity index (χ0) is 14.3. The highest BCUT2D eigenvalue weighted by atomic mass is 19.4. The first kappa shape index (κ1) is 13.7. The molecule has 0 radical (unpaired) electrons. The number of hydrogen-bond acceptors (Lipinski definition) is 3. The number of ether oxygens (including phenoxy) is 2. The van der Waals surface area contributed by atoms with Crippen molar-refractivity contribution in [1.29, 1.82) is 0 Å². The Bertz CT molecular complexity index is 489. The molecular weight excluding hydrogens is 273 g/mol. The lowest BCUT2D eigenvalue weighted by Crippen LogP contribution is -2.23. The third kappa shape index (κ3) is 2.76. The van der Waals surface area contributed by atoms with E-state index in [0.717, 1.165) is 19.3 Å². The number of rotatable bonds is 3. The molecule has 2 saturated heterocycles. The largest absolute Gasteiger partial charge is 0.573 e. The van der Waals surface area contributed by atoms with Crippen LogP contribution >= 0.6 is 0 Å². The summed E-state index contributed by atoms with van der Waals surface area (Å²) >= 11 is 0. The predicted molar refractivity (Wildman–Crippen MR) is 64.1 cm³/mol. The Kier molecular flexibility index (Phi) is 3.38. The van der Waals surface area contributed by atoms with Gasteiger partial charge in [-0.25, -0.2) is 0 Å². The molecule has 4 unspecified atom stereocenters. The molecule has 2 bridgehead atoms. The van der Waals surface area contributed by atoms with Crippen LogP contribution in [0.2, 0.25) is 0 Å². The highest BCUT2D eigenvalue weighted by Gasteiger charge is 2.44. The maximum atomic E-state index is 12.2. The van der Waals surface area contributed by atoms with Crippen molar-refractivity contribution in [1.82, 2.24) is 0 Å². The maximum absolute atomic E-state index is 12.2. The highest BCUT2D eigenvalue weighted by molar-refractivity contribution is 5.30. The molecule has 0 amide bonds. The van der Waals surface area contributed by atoms with E-state index in [4.69, 9.17) is 4.74 Å². The van der Waals surface area contributed by atoms with Gasteiger partial charge < -0.3 is 14.6 Å². The molecule has 0 aromatic heterocycles. The second kappa shape index (κ2) is 4.93. The lowest BCUT2D eigenvalue weighted by molar-refractivity contribution is -0.274. The van der Waals surface area contributed by atoms with Gasteiger partial charge in [-0.2, -0.15) is 0 Å². The molecule has 3 rings (SSSR count). The summed E-state index contributed by atoms with van der Waals surface area (Å²) in [6.45, 7) is 0. The van der Waals surface area contributed by atoms with E-state index < -0.39 is 12.5 Å². The van der Waals surface area contributed by atoms with Crippen molar-refractivity contribution >= 4 is 0 Å². The van der Waals surface area contributed by atoms with Gasteiger partial charge in [0.2, 0.25) is 0 Å². The minimum Gasteiger partial charge on any atom is -0.406 e. The molecule has 3 nitrogen and oxygen atoms in total. The third-order valence-corrected chi connectivity index (χ3v) is 3.99. The molecule has 20 heavy (non-hydrogen) atoms. The van der Waals surface area contributed by atoms with Crippen LogP contribution in [0.1, 0.15) is 30.9 Å². The van der Waals surface area contributed by atoms with Gasteiger partial charge in [0.1, 0.15) is 5.75 Å².